The maximum atomic E-state index is 11.5. The Kier molecular flexibility index (Phi) is 2.40. The van der Waals surface area contributed by atoms with Crippen LogP contribution in [0.25, 0.3) is 0 Å². The summed E-state index contributed by atoms with van der Waals surface area (Å²) in [5, 5.41) is 3.21. The number of carbonyl (C=O) groups excluding carboxylic acids is 1. The highest BCUT2D eigenvalue weighted by molar-refractivity contribution is 5.85. The van der Waals surface area contributed by atoms with Crippen LogP contribution >= 0.6 is 0 Å². The number of nitrogens with zero attached hydrogens (tertiary/aromatic N) is 2. The number of nitrogens with one attached hydrogen (secondary N) is 1. The molecule has 0 aliphatic heterocycles. The van der Waals surface area contributed by atoms with Gasteiger partial charge in [-0.15, -0.1) is 0 Å². The van der Waals surface area contributed by atoms with Crippen molar-refractivity contribution in [1.29, 1.82) is 0 Å². The van der Waals surface area contributed by atoms with E-state index in [1.807, 2.05) is 0 Å². The second-order valence-electron chi connectivity index (χ2n) is 4.00. The molecule has 0 aromatic carbocycles. The average molecular weight is 206 g/mol. The standard InChI is InChI=1S/C10H14N4O/c1-10(9(11)15,14-7-2-3-7)8-6-12-4-5-13-8/h4-7,14H,2-3H2,1H3,(H2,11,15). The second-order valence-corrected chi connectivity index (χ2v) is 4.00. The van der Waals surface area contributed by atoms with Gasteiger partial charge in [0.05, 0.1) is 11.9 Å². The van der Waals surface area contributed by atoms with Crippen molar-refractivity contribution >= 4 is 5.91 Å². The molecule has 1 unspecified atom stereocenters. The molecule has 15 heavy (non-hydrogen) atoms. The van der Waals surface area contributed by atoms with Gasteiger partial charge in [0.1, 0.15) is 5.54 Å². The van der Waals surface area contributed by atoms with Gasteiger partial charge >= 0.3 is 0 Å². The van der Waals surface area contributed by atoms with Crippen molar-refractivity contribution in [1.82, 2.24) is 15.3 Å². The summed E-state index contributed by atoms with van der Waals surface area (Å²) < 4.78 is 0. The summed E-state index contributed by atoms with van der Waals surface area (Å²) >= 11 is 0. The van der Waals surface area contributed by atoms with Crippen LogP contribution in [0.2, 0.25) is 0 Å². The Morgan fingerprint density at radius 2 is 2.33 bits per heavy atom. The molecule has 1 aliphatic rings. The number of aromatic nitrogens is 2. The van der Waals surface area contributed by atoms with E-state index in [0.29, 0.717) is 11.7 Å². The minimum Gasteiger partial charge on any atom is -0.368 e. The predicted molar refractivity (Wildman–Crippen MR) is 54.7 cm³/mol. The van der Waals surface area contributed by atoms with E-state index in [4.69, 9.17) is 5.73 Å². The number of primary amides is 1. The molecule has 1 atom stereocenters. The summed E-state index contributed by atoms with van der Waals surface area (Å²) in [5.41, 5.74) is 5.08. The fourth-order valence-corrected chi connectivity index (χ4v) is 1.46. The third-order valence-corrected chi connectivity index (χ3v) is 2.64. The Balaban J connectivity index is 2.28. The predicted octanol–water partition coefficient (Wildman–Crippen LogP) is -0.0709. The highest BCUT2D eigenvalue weighted by Gasteiger charge is 2.39. The fraction of sp³-hybridized carbons (Fsp3) is 0.500. The molecule has 0 radical (unpaired) electrons. The lowest BCUT2D eigenvalue weighted by atomic mass is 9.97. The molecule has 1 aromatic heterocycles. The lowest BCUT2D eigenvalue weighted by molar-refractivity contribution is -0.124. The lowest BCUT2D eigenvalue weighted by Crippen LogP contribution is -2.51. The number of amides is 1. The molecule has 1 aromatic rings. The van der Waals surface area contributed by atoms with Gasteiger partial charge in [-0.25, -0.2) is 0 Å². The molecule has 0 saturated heterocycles. The van der Waals surface area contributed by atoms with Crippen LogP contribution < -0.4 is 11.1 Å². The zero-order valence-electron chi connectivity index (χ0n) is 8.60. The van der Waals surface area contributed by atoms with Crippen LogP contribution in [-0.4, -0.2) is 21.9 Å². The summed E-state index contributed by atoms with van der Waals surface area (Å²) in [6.45, 7) is 1.75. The Morgan fingerprint density at radius 1 is 1.60 bits per heavy atom. The fourth-order valence-electron chi connectivity index (χ4n) is 1.46. The largest absolute Gasteiger partial charge is 0.368 e. The first-order valence-electron chi connectivity index (χ1n) is 4.97. The van der Waals surface area contributed by atoms with E-state index in [9.17, 15) is 4.79 Å². The van der Waals surface area contributed by atoms with Crippen molar-refractivity contribution in [2.24, 2.45) is 5.73 Å². The van der Waals surface area contributed by atoms with Gasteiger partial charge in [-0.3, -0.25) is 20.1 Å². The number of carbonyl (C=O) groups is 1. The third-order valence-electron chi connectivity index (χ3n) is 2.64. The van der Waals surface area contributed by atoms with Crippen LogP contribution in [0.1, 0.15) is 25.5 Å². The van der Waals surface area contributed by atoms with E-state index in [1.54, 1.807) is 25.5 Å². The molecule has 1 amide bonds. The van der Waals surface area contributed by atoms with Gasteiger partial charge in [0.15, 0.2) is 0 Å². The zero-order valence-corrected chi connectivity index (χ0v) is 8.60. The normalized spacial score (nSPS) is 19.5. The quantitative estimate of drug-likeness (QED) is 0.722. The molecular weight excluding hydrogens is 192 g/mol. The van der Waals surface area contributed by atoms with E-state index >= 15 is 0 Å². The molecule has 0 spiro atoms. The van der Waals surface area contributed by atoms with E-state index in [-0.39, 0.29) is 0 Å². The smallest absolute Gasteiger partial charge is 0.243 e. The molecular formula is C10H14N4O. The zero-order chi connectivity index (χ0) is 10.9. The molecule has 5 heteroatoms. The third kappa shape index (κ3) is 1.97. The Morgan fingerprint density at radius 3 is 2.80 bits per heavy atom. The van der Waals surface area contributed by atoms with Crippen molar-refractivity contribution in [2.45, 2.75) is 31.3 Å². The van der Waals surface area contributed by atoms with Crippen LogP contribution in [-0.2, 0) is 10.3 Å². The molecule has 3 N–H and O–H groups in total. The molecule has 80 valence electrons. The maximum absolute atomic E-state index is 11.5. The van der Waals surface area contributed by atoms with Crippen LogP contribution in [0.5, 0.6) is 0 Å². The Hall–Kier alpha value is -1.49. The minimum atomic E-state index is -0.907. The number of nitrogens with two attached hydrogens (primary N) is 1. The summed E-state index contributed by atoms with van der Waals surface area (Å²) in [4.78, 5) is 19.6. The van der Waals surface area contributed by atoms with Gasteiger partial charge in [-0.05, 0) is 19.8 Å². The topological polar surface area (TPSA) is 80.9 Å². The number of rotatable bonds is 4. The van der Waals surface area contributed by atoms with Gasteiger partial charge in [-0.1, -0.05) is 0 Å². The SMILES string of the molecule is CC(NC1CC1)(C(N)=O)c1cnccn1. The van der Waals surface area contributed by atoms with Gasteiger partial charge in [0.2, 0.25) is 5.91 Å². The number of hydrogen-bond acceptors (Lipinski definition) is 4. The molecule has 1 fully saturated rings. The molecule has 0 bridgehead atoms. The summed E-state index contributed by atoms with van der Waals surface area (Å²) in [6.07, 6.45) is 6.87. The minimum absolute atomic E-state index is 0.379. The van der Waals surface area contributed by atoms with E-state index in [0.717, 1.165) is 12.8 Å². The van der Waals surface area contributed by atoms with E-state index in [2.05, 4.69) is 15.3 Å². The van der Waals surface area contributed by atoms with Gasteiger partial charge in [-0.2, -0.15) is 0 Å². The number of hydrogen-bond donors (Lipinski definition) is 2. The van der Waals surface area contributed by atoms with Crippen LogP contribution in [0.4, 0.5) is 0 Å². The van der Waals surface area contributed by atoms with Gasteiger partial charge in [0.25, 0.3) is 0 Å². The first kappa shape index (κ1) is 10.0. The highest BCUT2D eigenvalue weighted by atomic mass is 16.1. The molecule has 1 heterocycles. The van der Waals surface area contributed by atoms with Crippen LogP contribution in [0.3, 0.4) is 0 Å². The van der Waals surface area contributed by atoms with Crippen molar-refractivity contribution in [3.05, 3.63) is 24.3 Å². The van der Waals surface area contributed by atoms with Gasteiger partial charge in [0, 0.05) is 18.4 Å². The van der Waals surface area contributed by atoms with Crippen molar-refractivity contribution in [3.63, 3.8) is 0 Å². The molecule has 1 saturated carbocycles. The molecule has 5 nitrogen and oxygen atoms in total. The summed E-state index contributed by atoms with van der Waals surface area (Å²) in [5.74, 6) is -0.421. The average Bonchev–Trinajstić information content (AvgIpc) is 3.02. The monoisotopic (exact) mass is 206 g/mol. The first-order valence-corrected chi connectivity index (χ1v) is 4.97. The summed E-state index contributed by atoms with van der Waals surface area (Å²) in [6, 6.07) is 0.379. The van der Waals surface area contributed by atoms with Gasteiger partial charge < -0.3 is 5.73 Å². The molecule has 2 rings (SSSR count). The van der Waals surface area contributed by atoms with E-state index in [1.165, 1.54) is 0 Å². The first-order chi connectivity index (χ1) is 7.13. The Labute approximate surface area is 88.1 Å². The van der Waals surface area contributed by atoms with Crippen LogP contribution in [0, 0.1) is 0 Å². The molecule has 1 aliphatic carbocycles. The Bertz CT molecular complexity index is 363. The van der Waals surface area contributed by atoms with Crippen LogP contribution in [0.15, 0.2) is 18.6 Å². The lowest BCUT2D eigenvalue weighted by Gasteiger charge is -2.26. The second kappa shape index (κ2) is 3.58. The summed E-state index contributed by atoms with van der Waals surface area (Å²) in [7, 11) is 0. The maximum Gasteiger partial charge on any atom is 0.243 e. The van der Waals surface area contributed by atoms with E-state index < -0.39 is 11.4 Å². The highest BCUT2D eigenvalue weighted by Crippen LogP contribution is 2.26. The van der Waals surface area contributed by atoms with Crippen molar-refractivity contribution in [3.8, 4) is 0 Å². The van der Waals surface area contributed by atoms with Crippen molar-refractivity contribution in [2.75, 3.05) is 0 Å². The van der Waals surface area contributed by atoms with Crippen molar-refractivity contribution < 1.29 is 4.79 Å².